The monoisotopic (exact) mass is 267 g/mol. The van der Waals surface area contributed by atoms with Crippen molar-refractivity contribution in [1.29, 1.82) is 0 Å². The normalized spacial score (nSPS) is 12.4. The van der Waals surface area contributed by atoms with Crippen molar-refractivity contribution in [2.24, 2.45) is 0 Å². The summed E-state index contributed by atoms with van der Waals surface area (Å²) in [4.78, 5) is 0. The molecule has 0 saturated heterocycles. The van der Waals surface area contributed by atoms with Gasteiger partial charge in [0.1, 0.15) is 0 Å². The van der Waals surface area contributed by atoms with Gasteiger partial charge in [-0.25, -0.2) is 12.8 Å². The van der Waals surface area contributed by atoms with Gasteiger partial charge < -0.3 is 0 Å². The van der Waals surface area contributed by atoms with E-state index in [2.05, 4.69) is 0 Å². The second kappa shape index (κ2) is 3.67. The summed E-state index contributed by atoms with van der Waals surface area (Å²) in [6.07, 6.45) is 0. The lowest BCUT2D eigenvalue weighted by Gasteiger charge is -2.07. The van der Waals surface area contributed by atoms with Gasteiger partial charge in [-0.1, -0.05) is 6.92 Å². The Balaban J connectivity index is 4.17. The average molecular weight is 267 g/mol. The molecule has 0 unspecified atom stereocenters. The lowest BCUT2D eigenvalue weighted by molar-refractivity contribution is 0.507. The van der Waals surface area contributed by atoms with Crippen LogP contribution in [0.15, 0.2) is 0 Å². The third kappa shape index (κ3) is 2.76. The van der Waals surface area contributed by atoms with Gasteiger partial charge in [-0.3, -0.25) is 0 Å². The van der Waals surface area contributed by atoms with Gasteiger partial charge in [0.25, 0.3) is 10.0 Å². The van der Waals surface area contributed by atoms with Crippen molar-refractivity contribution in [2.75, 3.05) is 12.6 Å². The Hall–Kier alpha value is 0.570. The summed E-state index contributed by atoms with van der Waals surface area (Å²) in [5.74, 6) is 0. The fourth-order valence-corrected chi connectivity index (χ4v) is 1.06. The molecule has 3 nitrogen and oxygen atoms in total. The molecule has 0 rings (SSSR count). The number of sulfonamides is 1. The molecule has 9 heavy (non-hydrogen) atoms. The van der Waals surface area contributed by atoms with Gasteiger partial charge in [0.05, 0.1) is 0 Å². The summed E-state index contributed by atoms with van der Waals surface area (Å²) in [5, 5.41) is 0. The third-order valence-corrected chi connectivity index (χ3v) is 4.31. The molecule has 0 aliphatic heterocycles. The van der Waals surface area contributed by atoms with Crippen LogP contribution in [-0.2, 0) is 10.0 Å². The van der Waals surface area contributed by atoms with Crippen molar-refractivity contribution in [3.8, 4) is 0 Å². The van der Waals surface area contributed by atoms with Gasteiger partial charge >= 0.3 is 0 Å². The van der Waals surface area contributed by atoms with Crippen molar-refractivity contribution >= 4 is 32.9 Å². The van der Waals surface area contributed by atoms with Crippen LogP contribution in [0.4, 0.5) is 4.39 Å². The van der Waals surface area contributed by atoms with Gasteiger partial charge in [0, 0.05) is 29.4 Å². The van der Waals surface area contributed by atoms with Crippen molar-refractivity contribution in [3.63, 3.8) is 0 Å². The highest BCUT2D eigenvalue weighted by atomic mass is 127. The lowest BCUT2D eigenvalue weighted by Crippen LogP contribution is -2.21. The van der Waals surface area contributed by atoms with E-state index in [9.17, 15) is 12.8 Å². The molecule has 6 heteroatoms. The van der Waals surface area contributed by atoms with Crippen molar-refractivity contribution in [1.82, 2.24) is 2.52 Å². The highest BCUT2D eigenvalue weighted by Crippen LogP contribution is 2.07. The van der Waals surface area contributed by atoms with Crippen molar-refractivity contribution < 1.29 is 12.8 Å². The molecule has 0 radical (unpaired) electrons. The summed E-state index contributed by atoms with van der Waals surface area (Å²) < 4.78 is 33.5. The molecule has 56 valence electrons. The van der Waals surface area contributed by atoms with Crippen LogP contribution in [0, 0.1) is 0 Å². The van der Waals surface area contributed by atoms with E-state index < -0.39 is 16.0 Å². The molecule has 0 heterocycles. The Bertz CT molecular complexity index is 169. The second-order valence-electron chi connectivity index (χ2n) is 1.32. The molecule has 0 N–H and O–H groups in total. The van der Waals surface area contributed by atoms with E-state index in [0.717, 1.165) is 2.52 Å². The maximum atomic E-state index is 11.6. The van der Waals surface area contributed by atoms with Gasteiger partial charge in [0.15, 0.2) is 0 Å². The predicted molar refractivity (Wildman–Crippen MR) is 41.3 cm³/mol. The Morgan fingerprint density at radius 3 is 2.22 bits per heavy atom. The molecule has 0 fully saturated rings. The fourth-order valence-electron chi connectivity index (χ4n) is 0.250. The Morgan fingerprint density at radius 2 is 2.11 bits per heavy atom. The smallest absolute Gasteiger partial charge is 0.232 e. The van der Waals surface area contributed by atoms with Crippen LogP contribution in [0.2, 0.25) is 0 Å². The van der Waals surface area contributed by atoms with Crippen LogP contribution in [0.25, 0.3) is 0 Å². The molecule has 0 aliphatic carbocycles. The minimum absolute atomic E-state index is 0.298. The maximum Gasteiger partial charge on any atom is 0.252 e. The number of alkyl halides is 1. The molecule has 0 bridgehead atoms. The van der Waals surface area contributed by atoms with Crippen LogP contribution < -0.4 is 0 Å². The zero-order valence-electron chi connectivity index (χ0n) is 4.84. The fraction of sp³-hybridized carbons (Fsp3) is 1.00. The maximum absolute atomic E-state index is 11.6. The van der Waals surface area contributed by atoms with E-state index in [0.29, 0.717) is 6.54 Å². The topological polar surface area (TPSA) is 37.4 Å². The minimum Gasteiger partial charge on any atom is -0.232 e. The minimum atomic E-state index is -3.59. The Kier molecular flexibility index (Phi) is 3.90. The highest BCUT2D eigenvalue weighted by Gasteiger charge is 2.15. The Morgan fingerprint density at radius 1 is 1.67 bits per heavy atom. The SMILES string of the molecule is CCN(I)S(=O)(=O)CF. The molecular formula is C3H7FINO2S. The van der Waals surface area contributed by atoms with E-state index in [1.807, 2.05) is 0 Å². The quantitative estimate of drug-likeness (QED) is 0.563. The molecule has 0 aromatic carbocycles. The first-order chi connectivity index (χ1) is 4.04. The number of halogens is 2. The van der Waals surface area contributed by atoms with E-state index in [4.69, 9.17) is 0 Å². The molecular weight excluding hydrogens is 260 g/mol. The van der Waals surface area contributed by atoms with E-state index >= 15 is 0 Å². The van der Waals surface area contributed by atoms with Crippen LogP contribution in [0.1, 0.15) is 6.92 Å². The molecule has 0 amide bonds. The van der Waals surface area contributed by atoms with Crippen LogP contribution in [-0.4, -0.2) is 23.5 Å². The molecule has 0 aromatic heterocycles. The summed E-state index contributed by atoms with van der Waals surface area (Å²) in [6.45, 7) is 1.94. The first-order valence-electron chi connectivity index (χ1n) is 2.26. The van der Waals surface area contributed by atoms with Crippen LogP contribution >= 0.6 is 22.9 Å². The summed E-state index contributed by atoms with van der Waals surface area (Å²) >= 11 is 1.55. The van der Waals surface area contributed by atoms with Gasteiger partial charge in [-0.2, -0.15) is 0 Å². The predicted octanol–water partition coefficient (Wildman–Crippen LogP) is 0.915. The van der Waals surface area contributed by atoms with Crippen LogP contribution in [0.5, 0.6) is 0 Å². The summed E-state index contributed by atoms with van der Waals surface area (Å²) in [7, 11) is -3.59. The molecule has 0 aliphatic rings. The van der Waals surface area contributed by atoms with Gasteiger partial charge in [-0.05, 0) is 0 Å². The first kappa shape index (κ1) is 9.57. The van der Waals surface area contributed by atoms with Crippen molar-refractivity contribution in [2.45, 2.75) is 6.92 Å². The number of rotatable bonds is 3. The number of nitrogens with zero attached hydrogens (tertiary/aromatic N) is 1. The molecule has 0 spiro atoms. The standard InChI is InChI=1S/C3H7FINO2S/c1-2-6(5)9(7,8)3-4/h2-3H2,1H3. The Labute approximate surface area is 67.8 Å². The zero-order valence-corrected chi connectivity index (χ0v) is 7.82. The van der Waals surface area contributed by atoms with E-state index in [1.54, 1.807) is 29.8 Å². The second-order valence-corrected chi connectivity index (χ2v) is 4.97. The molecule has 0 aromatic rings. The zero-order chi connectivity index (χ0) is 7.49. The van der Waals surface area contributed by atoms with E-state index in [-0.39, 0.29) is 0 Å². The third-order valence-electron chi connectivity index (χ3n) is 0.688. The molecule has 0 saturated carbocycles. The van der Waals surface area contributed by atoms with Crippen LogP contribution in [0.3, 0.4) is 0 Å². The van der Waals surface area contributed by atoms with Gasteiger partial charge in [-0.15, -0.1) is 2.52 Å². The number of hydrogen-bond acceptors (Lipinski definition) is 2. The highest BCUT2D eigenvalue weighted by molar-refractivity contribution is 14.1. The van der Waals surface area contributed by atoms with Crippen molar-refractivity contribution in [3.05, 3.63) is 0 Å². The largest absolute Gasteiger partial charge is 0.252 e. The number of hydrogen-bond donors (Lipinski definition) is 0. The summed E-state index contributed by atoms with van der Waals surface area (Å²) in [6, 6.07) is -1.32. The van der Waals surface area contributed by atoms with E-state index in [1.165, 1.54) is 0 Å². The van der Waals surface area contributed by atoms with Gasteiger partial charge in [0.2, 0.25) is 6.01 Å². The first-order valence-corrected chi connectivity index (χ1v) is 4.84. The average Bonchev–Trinajstić information content (AvgIpc) is 1.86. The molecule has 0 atom stereocenters. The summed E-state index contributed by atoms with van der Waals surface area (Å²) in [5.41, 5.74) is 0. The lowest BCUT2D eigenvalue weighted by atomic mass is 10.8.